The standard InChI is InChI=1S/C11H20N2OS/c1-8-7-9(2)15-11(12-8)13-10-3-5-14-6-4-10/h8-10H,3-7H2,1-2H3,(H,12,13). The Bertz CT molecular complexity index is 227. The van der Waals surface area contributed by atoms with Crippen LogP contribution in [0.5, 0.6) is 0 Å². The number of ether oxygens (including phenoxy) is 1. The van der Waals surface area contributed by atoms with Crippen molar-refractivity contribution in [2.75, 3.05) is 13.2 Å². The minimum Gasteiger partial charge on any atom is -0.381 e. The second-order valence-corrected chi connectivity index (χ2v) is 5.91. The lowest BCUT2D eigenvalue weighted by atomic mass is 10.1. The van der Waals surface area contributed by atoms with Crippen molar-refractivity contribution in [1.29, 1.82) is 0 Å². The summed E-state index contributed by atoms with van der Waals surface area (Å²) >= 11 is 1.88. The van der Waals surface area contributed by atoms with Crippen molar-refractivity contribution in [3.63, 3.8) is 0 Å². The Balaban J connectivity index is 1.92. The Kier molecular flexibility index (Phi) is 3.92. The Labute approximate surface area is 96.1 Å². The minimum atomic E-state index is 0.478. The minimum absolute atomic E-state index is 0.478. The van der Waals surface area contributed by atoms with Gasteiger partial charge in [0.25, 0.3) is 0 Å². The van der Waals surface area contributed by atoms with Gasteiger partial charge in [-0.15, -0.1) is 0 Å². The summed E-state index contributed by atoms with van der Waals surface area (Å²) in [5.41, 5.74) is 0. The molecule has 2 heterocycles. The van der Waals surface area contributed by atoms with Gasteiger partial charge in [-0.3, -0.25) is 4.99 Å². The fraction of sp³-hybridized carbons (Fsp3) is 0.909. The van der Waals surface area contributed by atoms with Gasteiger partial charge in [0.1, 0.15) is 0 Å². The molecule has 0 bridgehead atoms. The quantitative estimate of drug-likeness (QED) is 0.745. The van der Waals surface area contributed by atoms with E-state index >= 15 is 0 Å². The molecule has 2 unspecified atom stereocenters. The Morgan fingerprint density at radius 3 is 2.73 bits per heavy atom. The van der Waals surface area contributed by atoms with Crippen molar-refractivity contribution in [3.05, 3.63) is 0 Å². The van der Waals surface area contributed by atoms with E-state index in [-0.39, 0.29) is 0 Å². The van der Waals surface area contributed by atoms with Crippen LogP contribution < -0.4 is 5.32 Å². The summed E-state index contributed by atoms with van der Waals surface area (Å²) in [6.45, 7) is 6.26. The molecule has 0 amide bonds. The van der Waals surface area contributed by atoms with E-state index in [0.29, 0.717) is 17.3 Å². The van der Waals surface area contributed by atoms with E-state index in [1.807, 2.05) is 11.8 Å². The zero-order valence-electron chi connectivity index (χ0n) is 9.53. The second kappa shape index (κ2) is 5.21. The fourth-order valence-electron chi connectivity index (χ4n) is 2.09. The number of hydrogen-bond donors (Lipinski definition) is 1. The normalized spacial score (nSPS) is 36.5. The van der Waals surface area contributed by atoms with E-state index in [4.69, 9.17) is 9.73 Å². The third-order valence-corrected chi connectivity index (χ3v) is 3.90. The molecule has 0 aromatic heterocycles. The topological polar surface area (TPSA) is 33.6 Å². The second-order valence-electron chi connectivity index (χ2n) is 4.49. The highest BCUT2D eigenvalue weighted by Crippen LogP contribution is 2.23. The third-order valence-electron chi connectivity index (χ3n) is 2.86. The van der Waals surface area contributed by atoms with Crippen LogP contribution >= 0.6 is 11.8 Å². The van der Waals surface area contributed by atoms with Crippen LogP contribution in [-0.4, -0.2) is 35.7 Å². The molecule has 0 spiro atoms. The number of nitrogens with one attached hydrogen (secondary N) is 1. The molecule has 0 radical (unpaired) electrons. The van der Waals surface area contributed by atoms with Gasteiger partial charge in [0.05, 0.1) is 6.04 Å². The first-order valence-corrected chi connectivity index (χ1v) is 6.71. The summed E-state index contributed by atoms with van der Waals surface area (Å²) in [4.78, 5) is 4.78. The molecule has 2 saturated heterocycles. The van der Waals surface area contributed by atoms with Gasteiger partial charge >= 0.3 is 0 Å². The largest absolute Gasteiger partial charge is 0.381 e. The smallest absolute Gasteiger partial charge is 0.157 e. The monoisotopic (exact) mass is 228 g/mol. The fourth-order valence-corrected chi connectivity index (χ4v) is 3.33. The lowest BCUT2D eigenvalue weighted by molar-refractivity contribution is 0.0871. The number of hydrogen-bond acceptors (Lipinski definition) is 3. The first-order chi connectivity index (χ1) is 7.24. The van der Waals surface area contributed by atoms with Gasteiger partial charge in [0.2, 0.25) is 0 Å². The number of amidine groups is 1. The zero-order valence-corrected chi connectivity index (χ0v) is 10.3. The molecule has 0 aromatic carbocycles. The lowest BCUT2D eigenvalue weighted by Crippen LogP contribution is -2.39. The van der Waals surface area contributed by atoms with Crippen molar-refractivity contribution >= 4 is 16.9 Å². The van der Waals surface area contributed by atoms with Crippen LogP contribution in [-0.2, 0) is 4.74 Å². The number of aliphatic imine (C=N–C) groups is 1. The molecule has 86 valence electrons. The summed E-state index contributed by atoms with van der Waals surface area (Å²) in [6, 6.07) is 1.05. The Morgan fingerprint density at radius 2 is 2.07 bits per heavy atom. The van der Waals surface area contributed by atoms with Gasteiger partial charge in [-0.25, -0.2) is 0 Å². The molecule has 0 aliphatic carbocycles. The van der Waals surface area contributed by atoms with Crippen molar-refractivity contribution in [1.82, 2.24) is 5.32 Å². The van der Waals surface area contributed by atoms with Crippen LogP contribution in [0.1, 0.15) is 33.1 Å². The SMILES string of the molecule is CC1CC(C)SC(=NC2CCOCC2)N1. The van der Waals surface area contributed by atoms with Crippen LogP contribution in [0.4, 0.5) is 0 Å². The average molecular weight is 228 g/mol. The molecule has 15 heavy (non-hydrogen) atoms. The van der Waals surface area contributed by atoms with Crippen molar-refractivity contribution in [2.24, 2.45) is 4.99 Å². The van der Waals surface area contributed by atoms with Crippen LogP contribution in [0.25, 0.3) is 0 Å². The molecule has 3 nitrogen and oxygen atoms in total. The Hall–Kier alpha value is -0.220. The van der Waals surface area contributed by atoms with E-state index < -0.39 is 0 Å². The molecular formula is C11H20N2OS. The maximum absolute atomic E-state index is 5.33. The van der Waals surface area contributed by atoms with Gasteiger partial charge < -0.3 is 10.1 Å². The van der Waals surface area contributed by atoms with Gasteiger partial charge in [-0.2, -0.15) is 0 Å². The van der Waals surface area contributed by atoms with Gasteiger partial charge in [-0.05, 0) is 26.2 Å². The summed E-state index contributed by atoms with van der Waals surface area (Å²) in [7, 11) is 0. The maximum atomic E-state index is 5.33. The highest BCUT2D eigenvalue weighted by Gasteiger charge is 2.21. The Morgan fingerprint density at radius 1 is 1.33 bits per heavy atom. The van der Waals surface area contributed by atoms with Crippen molar-refractivity contribution in [3.8, 4) is 0 Å². The maximum Gasteiger partial charge on any atom is 0.157 e. The van der Waals surface area contributed by atoms with Gasteiger partial charge in [0.15, 0.2) is 5.17 Å². The molecule has 0 saturated carbocycles. The predicted octanol–water partition coefficient (Wildman–Crippen LogP) is 2.02. The summed E-state index contributed by atoms with van der Waals surface area (Å²) in [5, 5.41) is 5.31. The molecule has 2 atom stereocenters. The van der Waals surface area contributed by atoms with Crippen molar-refractivity contribution < 1.29 is 4.74 Å². The number of rotatable bonds is 1. The highest BCUT2D eigenvalue weighted by atomic mass is 32.2. The molecular weight excluding hydrogens is 208 g/mol. The number of nitrogens with zero attached hydrogens (tertiary/aromatic N) is 1. The van der Waals surface area contributed by atoms with Crippen LogP contribution in [0.15, 0.2) is 4.99 Å². The summed E-state index contributed by atoms with van der Waals surface area (Å²) < 4.78 is 5.33. The number of thioether (sulfide) groups is 1. The first-order valence-electron chi connectivity index (χ1n) is 5.83. The van der Waals surface area contributed by atoms with Crippen LogP contribution in [0.3, 0.4) is 0 Å². The summed E-state index contributed by atoms with van der Waals surface area (Å²) in [5.74, 6) is 0. The van der Waals surface area contributed by atoms with Crippen LogP contribution in [0, 0.1) is 0 Å². The highest BCUT2D eigenvalue weighted by molar-refractivity contribution is 8.14. The van der Waals surface area contributed by atoms with E-state index in [1.54, 1.807) is 0 Å². The molecule has 4 heteroatoms. The average Bonchev–Trinajstić information content (AvgIpc) is 2.17. The van der Waals surface area contributed by atoms with Gasteiger partial charge in [-0.1, -0.05) is 18.7 Å². The molecule has 2 fully saturated rings. The molecule has 2 aliphatic rings. The third kappa shape index (κ3) is 3.38. The lowest BCUT2D eigenvalue weighted by Gasteiger charge is -2.28. The van der Waals surface area contributed by atoms with Crippen molar-refractivity contribution in [2.45, 2.75) is 50.4 Å². The summed E-state index contributed by atoms with van der Waals surface area (Å²) in [6.07, 6.45) is 3.39. The van der Waals surface area contributed by atoms with E-state index in [2.05, 4.69) is 19.2 Å². The zero-order chi connectivity index (χ0) is 10.7. The molecule has 0 aromatic rings. The first kappa shape index (κ1) is 11.3. The molecule has 2 rings (SSSR count). The predicted molar refractivity (Wildman–Crippen MR) is 65.5 cm³/mol. The van der Waals surface area contributed by atoms with E-state index in [0.717, 1.165) is 31.2 Å². The van der Waals surface area contributed by atoms with E-state index in [9.17, 15) is 0 Å². The van der Waals surface area contributed by atoms with Crippen LogP contribution in [0.2, 0.25) is 0 Å². The van der Waals surface area contributed by atoms with E-state index in [1.165, 1.54) is 6.42 Å². The molecule has 2 aliphatic heterocycles. The van der Waals surface area contributed by atoms with Gasteiger partial charge in [0, 0.05) is 24.5 Å². The molecule has 1 N–H and O–H groups in total.